The van der Waals surface area contributed by atoms with Gasteiger partial charge in [0.1, 0.15) is 0 Å². The van der Waals surface area contributed by atoms with Gasteiger partial charge in [0.2, 0.25) is 0 Å². The molecular weight excluding hydrogens is 308 g/mol. The first-order valence-electron chi connectivity index (χ1n) is 7.63. The number of halogens is 1. The molecule has 0 unspecified atom stereocenters. The topological polar surface area (TPSA) is 0 Å². The Morgan fingerprint density at radius 1 is 0.800 bits per heavy atom. The molecule has 0 fully saturated rings. The lowest BCUT2D eigenvalue weighted by Gasteiger charge is -2.42. The van der Waals surface area contributed by atoms with Crippen molar-refractivity contribution in [2.75, 3.05) is 0 Å². The van der Waals surface area contributed by atoms with Crippen molar-refractivity contribution in [2.45, 2.75) is 70.6 Å². The Morgan fingerprint density at radius 3 is 1.85 bits per heavy atom. The summed E-state index contributed by atoms with van der Waals surface area (Å²) >= 11 is 3.77. The monoisotopic (exact) mass is 332 g/mol. The number of hydrogen-bond donors (Lipinski definition) is 0. The minimum atomic E-state index is 0.140. The number of fused-ring (bicyclic) bond motifs is 2. The zero-order chi connectivity index (χ0) is 14.9. The molecule has 0 spiro atoms. The highest BCUT2D eigenvalue weighted by atomic mass is 79.9. The van der Waals surface area contributed by atoms with Crippen LogP contribution < -0.4 is 0 Å². The Morgan fingerprint density at radius 2 is 1.30 bits per heavy atom. The van der Waals surface area contributed by atoms with Crippen LogP contribution in [0.3, 0.4) is 0 Å². The molecule has 20 heavy (non-hydrogen) atoms. The average molecular weight is 333 g/mol. The van der Waals surface area contributed by atoms with E-state index in [0.29, 0.717) is 10.8 Å². The molecule has 0 saturated heterocycles. The summed E-state index contributed by atoms with van der Waals surface area (Å²) < 4.78 is 1.26. The smallest absolute Gasteiger partial charge is 0.0219 e. The van der Waals surface area contributed by atoms with Crippen LogP contribution in [0.15, 0.2) is 18.2 Å². The van der Waals surface area contributed by atoms with Crippen LogP contribution in [0.4, 0.5) is 0 Å². The lowest BCUT2D eigenvalue weighted by molar-refractivity contribution is 0.331. The van der Waals surface area contributed by atoms with Crippen LogP contribution in [-0.2, 0) is 16.2 Å². The summed E-state index contributed by atoms with van der Waals surface area (Å²) in [6.45, 7) is 14.2. The third kappa shape index (κ3) is 1.93. The first-order valence-corrected chi connectivity index (χ1v) is 8.42. The maximum atomic E-state index is 3.77. The quantitative estimate of drug-likeness (QED) is 0.541. The molecule has 2 aliphatic rings. The molecule has 0 aromatic heterocycles. The van der Waals surface area contributed by atoms with Crippen molar-refractivity contribution in [1.29, 1.82) is 0 Å². The highest BCUT2D eigenvalue weighted by molar-refractivity contribution is 9.15. The molecule has 0 atom stereocenters. The van der Waals surface area contributed by atoms with Crippen LogP contribution in [0.25, 0.3) is 4.48 Å². The Kier molecular flexibility index (Phi) is 2.88. The summed E-state index contributed by atoms with van der Waals surface area (Å²) in [7, 11) is 0. The standard InChI is InChI=1S/C19H25Br/c1-17(2)7-8-18(3,4)15-10-13-12(9-14(15)17)16(20)11-19(13,5)6/h9-11H,7-8H2,1-6H3. The molecule has 1 heteroatoms. The zero-order valence-electron chi connectivity index (χ0n) is 13.5. The first kappa shape index (κ1) is 14.4. The SMILES string of the molecule is CC1(C)C=C(Br)c2cc3c(cc21)C(C)(C)CCC3(C)C. The van der Waals surface area contributed by atoms with Crippen LogP contribution in [0.2, 0.25) is 0 Å². The van der Waals surface area contributed by atoms with E-state index in [1.807, 2.05) is 0 Å². The fraction of sp³-hybridized carbons (Fsp3) is 0.579. The lowest BCUT2D eigenvalue weighted by atomic mass is 9.62. The fourth-order valence-electron chi connectivity index (χ4n) is 3.82. The molecule has 0 nitrogen and oxygen atoms in total. The Balaban J connectivity index is 2.31. The van der Waals surface area contributed by atoms with Gasteiger partial charge in [-0.3, -0.25) is 0 Å². The summed E-state index contributed by atoms with van der Waals surface area (Å²) in [6.07, 6.45) is 4.90. The van der Waals surface area contributed by atoms with E-state index in [1.165, 1.54) is 28.5 Å². The van der Waals surface area contributed by atoms with Crippen LogP contribution >= 0.6 is 15.9 Å². The third-order valence-corrected chi connectivity index (χ3v) is 6.09. The van der Waals surface area contributed by atoms with Crippen molar-refractivity contribution >= 4 is 20.4 Å². The highest BCUT2D eigenvalue weighted by Crippen LogP contribution is 2.51. The number of benzene rings is 1. The van der Waals surface area contributed by atoms with Gasteiger partial charge in [0, 0.05) is 9.90 Å². The van der Waals surface area contributed by atoms with E-state index in [0.717, 1.165) is 0 Å². The van der Waals surface area contributed by atoms with Gasteiger partial charge in [-0.25, -0.2) is 0 Å². The number of allylic oxidation sites excluding steroid dienone is 1. The highest BCUT2D eigenvalue weighted by Gasteiger charge is 2.40. The molecular formula is C19H25Br. The van der Waals surface area contributed by atoms with E-state index in [1.54, 1.807) is 11.1 Å². The van der Waals surface area contributed by atoms with Crippen LogP contribution in [0.1, 0.15) is 76.6 Å². The van der Waals surface area contributed by atoms with Gasteiger partial charge in [-0.05, 0) is 52.0 Å². The Labute approximate surface area is 131 Å². The van der Waals surface area contributed by atoms with E-state index >= 15 is 0 Å². The summed E-state index contributed by atoms with van der Waals surface area (Å²) in [5, 5.41) is 0. The molecule has 3 rings (SSSR count). The summed E-state index contributed by atoms with van der Waals surface area (Å²) in [5.41, 5.74) is 6.73. The second-order valence-corrected chi connectivity index (χ2v) is 9.28. The maximum Gasteiger partial charge on any atom is 0.0219 e. The largest absolute Gasteiger partial charge is 0.0596 e. The fourth-order valence-corrected chi connectivity index (χ4v) is 4.72. The van der Waals surface area contributed by atoms with Gasteiger partial charge in [0.15, 0.2) is 0 Å². The number of hydrogen-bond acceptors (Lipinski definition) is 0. The lowest BCUT2D eigenvalue weighted by Crippen LogP contribution is -2.34. The molecule has 1 aromatic rings. The minimum Gasteiger partial charge on any atom is -0.0596 e. The zero-order valence-corrected chi connectivity index (χ0v) is 15.1. The molecule has 0 amide bonds. The normalized spacial score (nSPS) is 24.9. The predicted octanol–water partition coefficient (Wildman–Crippen LogP) is 6.06. The molecule has 0 saturated carbocycles. The van der Waals surface area contributed by atoms with E-state index in [9.17, 15) is 0 Å². The van der Waals surface area contributed by atoms with E-state index < -0.39 is 0 Å². The van der Waals surface area contributed by atoms with Gasteiger partial charge in [-0.15, -0.1) is 0 Å². The second-order valence-electron chi connectivity index (χ2n) is 8.43. The van der Waals surface area contributed by atoms with Gasteiger partial charge in [-0.2, -0.15) is 0 Å². The molecule has 0 heterocycles. The first-order chi connectivity index (χ1) is 9.05. The van der Waals surface area contributed by atoms with Crippen molar-refractivity contribution < 1.29 is 0 Å². The van der Waals surface area contributed by atoms with E-state index in [4.69, 9.17) is 0 Å². The summed E-state index contributed by atoms with van der Waals surface area (Å²) in [6, 6.07) is 4.96. The molecule has 0 aliphatic heterocycles. The Bertz CT molecular complexity index is 615. The summed E-state index contributed by atoms with van der Waals surface area (Å²) in [4.78, 5) is 0. The van der Waals surface area contributed by atoms with Gasteiger partial charge < -0.3 is 0 Å². The van der Waals surface area contributed by atoms with Crippen molar-refractivity contribution in [3.63, 3.8) is 0 Å². The van der Waals surface area contributed by atoms with Crippen LogP contribution in [0, 0.1) is 0 Å². The van der Waals surface area contributed by atoms with Gasteiger partial charge >= 0.3 is 0 Å². The third-order valence-electron chi connectivity index (χ3n) is 5.43. The van der Waals surface area contributed by atoms with Crippen molar-refractivity contribution in [2.24, 2.45) is 0 Å². The van der Waals surface area contributed by atoms with Gasteiger partial charge in [0.05, 0.1) is 0 Å². The molecule has 0 radical (unpaired) electrons. The van der Waals surface area contributed by atoms with Gasteiger partial charge in [-0.1, -0.05) is 69.6 Å². The second kappa shape index (κ2) is 4.00. The molecule has 0 N–H and O–H groups in total. The minimum absolute atomic E-state index is 0.140. The maximum absolute atomic E-state index is 3.77. The Hall–Kier alpha value is -0.560. The van der Waals surface area contributed by atoms with Crippen molar-refractivity contribution in [3.05, 3.63) is 40.5 Å². The molecule has 0 bridgehead atoms. The van der Waals surface area contributed by atoms with Gasteiger partial charge in [0.25, 0.3) is 0 Å². The van der Waals surface area contributed by atoms with Crippen molar-refractivity contribution in [1.82, 2.24) is 0 Å². The van der Waals surface area contributed by atoms with Crippen LogP contribution in [-0.4, -0.2) is 0 Å². The number of rotatable bonds is 0. The van der Waals surface area contributed by atoms with Crippen LogP contribution in [0.5, 0.6) is 0 Å². The predicted molar refractivity (Wildman–Crippen MR) is 91.7 cm³/mol. The van der Waals surface area contributed by atoms with Crippen molar-refractivity contribution in [3.8, 4) is 0 Å². The average Bonchev–Trinajstić information content (AvgIpc) is 2.55. The van der Waals surface area contributed by atoms with E-state index in [2.05, 4.69) is 75.7 Å². The molecule has 1 aromatic carbocycles. The summed E-state index contributed by atoms with van der Waals surface area (Å²) in [5.74, 6) is 0. The molecule has 108 valence electrons. The van der Waals surface area contributed by atoms with E-state index in [-0.39, 0.29) is 5.41 Å². The molecule has 2 aliphatic carbocycles.